The van der Waals surface area contributed by atoms with Crippen LogP contribution in [0, 0.1) is 0 Å². The zero-order chi connectivity index (χ0) is 15.2. The summed E-state index contributed by atoms with van der Waals surface area (Å²) >= 11 is 1.69. The van der Waals surface area contributed by atoms with E-state index in [1.54, 1.807) is 11.8 Å². The number of carbonyl (C=O) groups excluding carboxylic acids is 1. The van der Waals surface area contributed by atoms with E-state index < -0.39 is 0 Å². The molecule has 0 radical (unpaired) electrons. The predicted octanol–water partition coefficient (Wildman–Crippen LogP) is 4.10. The Morgan fingerprint density at radius 2 is 1.59 bits per heavy atom. The Balaban J connectivity index is 1.62. The zero-order valence-electron chi connectivity index (χ0n) is 12.3. The van der Waals surface area contributed by atoms with Crippen molar-refractivity contribution in [1.82, 2.24) is 5.01 Å². The summed E-state index contributed by atoms with van der Waals surface area (Å²) in [5.41, 5.74) is 0.681. The number of carbonyl (C=O) groups is 1. The molecule has 112 valence electrons. The third-order valence-corrected chi connectivity index (χ3v) is 4.55. The molecule has 3 nitrogen and oxygen atoms in total. The number of hydrogen-bond acceptors (Lipinski definition) is 4. The van der Waals surface area contributed by atoms with Gasteiger partial charge in [-0.3, -0.25) is 9.80 Å². The van der Waals surface area contributed by atoms with Gasteiger partial charge < -0.3 is 0 Å². The number of Topliss-reactive ketones (excluding diaryl/α,β-unsaturated/α-hetero) is 1. The summed E-state index contributed by atoms with van der Waals surface area (Å²) < 4.78 is 0. The third-order valence-electron chi connectivity index (χ3n) is 3.54. The van der Waals surface area contributed by atoms with Gasteiger partial charge in [0.1, 0.15) is 0 Å². The lowest BCUT2D eigenvalue weighted by Gasteiger charge is -2.08. The fourth-order valence-electron chi connectivity index (χ4n) is 2.34. The molecular formula is C18H18N2OS. The normalized spacial score (nSPS) is 14.6. The van der Waals surface area contributed by atoms with Crippen molar-refractivity contribution in [2.45, 2.75) is 22.6 Å². The summed E-state index contributed by atoms with van der Waals surface area (Å²) in [5, 5.41) is 6.20. The summed E-state index contributed by atoms with van der Waals surface area (Å²) in [7, 11) is 0. The molecule has 0 spiro atoms. The lowest BCUT2D eigenvalue weighted by atomic mass is 10.1. The topological polar surface area (TPSA) is 32.7 Å². The lowest BCUT2D eigenvalue weighted by Crippen LogP contribution is -2.13. The van der Waals surface area contributed by atoms with Gasteiger partial charge in [0.25, 0.3) is 0 Å². The molecule has 0 unspecified atom stereocenters. The largest absolute Gasteiger partial charge is 0.297 e. The van der Waals surface area contributed by atoms with Gasteiger partial charge in [0.05, 0.1) is 6.21 Å². The fourth-order valence-corrected chi connectivity index (χ4v) is 3.17. The molecule has 1 fully saturated rings. The molecule has 4 heteroatoms. The minimum absolute atomic E-state index is 0.0387. The van der Waals surface area contributed by atoms with E-state index >= 15 is 0 Å². The van der Waals surface area contributed by atoms with Crippen molar-refractivity contribution in [3.8, 4) is 0 Å². The van der Waals surface area contributed by atoms with Crippen LogP contribution in [-0.4, -0.2) is 30.1 Å². The molecule has 0 atom stereocenters. The van der Waals surface area contributed by atoms with Gasteiger partial charge in [0.15, 0.2) is 0 Å². The molecule has 2 aromatic carbocycles. The Bertz CT molecular complexity index is 647. The van der Waals surface area contributed by atoms with Crippen LogP contribution in [0.25, 0.3) is 0 Å². The summed E-state index contributed by atoms with van der Waals surface area (Å²) in [6.07, 6.45) is 3.76. The Kier molecular flexibility index (Phi) is 4.91. The van der Waals surface area contributed by atoms with Gasteiger partial charge in [-0.2, -0.15) is 5.10 Å². The zero-order valence-corrected chi connectivity index (χ0v) is 13.1. The fraction of sp³-hybridized carbons (Fsp3) is 0.222. The van der Waals surface area contributed by atoms with E-state index in [4.69, 9.17) is 0 Å². The second-order valence-electron chi connectivity index (χ2n) is 5.21. The van der Waals surface area contributed by atoms with Gasteiger partial charge in [-0.15, -0.1) is 0 Å². The summed E-state index contributed by atoms with van der Waals surface area (Å²) in [6.45, 7) is 1.91. The highest BCUT2D eigenvalue weighted by Crippen LogP contribution is 2.27. The van der Waals surface area contributed by atoms with Crippen molar-refractivity contribution >= 4 is 23.8 Å². The van der Waals surface area contributed by atoms with Crippen LogP contribution in [0.15, 0.2) is 69.5 Å². The third kappa shape index (κ3) is 3.98. The molecule has 0 amide bonds. The predicted molar refractivity (Wildman–Crippen MR) is 90.6 cm³/mol. The highest BCUT2D eigenvalue weighted by Gasteiger charge is 2.09. The van der Waals surface area contributed by atoms with Crippen LogP contribution in [0.4, 0.5) is 0 Å². The number of benzene rings is 2. The Morgan fingerprint density at radius 1 is 0.955 bits per heavy atom. The Morgan fingerprint density at radius 3 is 2.27 bits per heavy atom. The van der Waals surface area contributed by atoms with Gasteiger partial charge >= 0.3 is 0 Å². The van der Waals surface area contributed by atoms with E-state index in [0.29, 0.717) is 5.56 Å². The van der Waals surface area contributed by atoms with Crippen LogP contribution in [-0.2, 0) is 0 Å². The molecule has 2 aromatic rings. The maximum Gasteiger partial charge on any atom is 0.205 e. The van der Waals surface area contributed by atoms with Gasteiger partial charge in [-0.05, 0) is 49.2 Å². The first-order chi connectivity index (χ1) is 10.8. The van der Waals surface area contributed by atoms with Gasteiger partial charge in [0, 0.05) is 28.4 Å². The highest BCUT2D eigenvalue weighted by molar-refractivity contribution is 7.99. The van der Waals surface area contributed by atoms with E-state index in [1.165, 1.54) is 11.1 Å². The van der Waals surface area contributed by atoms with E-state index in [9.17, 15) is 4.79 Å². The molecule has 0 aliphatic carbocycles. The van der Waals surface area contributed by atoms with E-state index in [1.807, 2.05) is 47.5 Å². The number of hydrazone groups is 1. The first kappa shape index (κ1) is 14.9. The minimum Gasteiger partial charge on any atom is -0.297 e. The van der Waals surface area contributed by atoms with Gasteiger partial charge in [-0.1, -0.05) is 30.0 Å². The standard InChI is InChI=1S/C18H18N2OS/c21-18(14-19-20-12-4-5-13-20)15-8-10-17(11-9-15)22-16-6-2-1-3-7-16/h1-3,6-11,14H,4-5,12-13H2. The average molecular weight is 310 g/mol. The molecule has 1 saturated heterocycles. The van der Waals surface area contributed by atoms with Crippen molar-refractivity contribution in [3.63, 3.8) is 0 Å². The molecule has 1 aliphatic rings. The highest BCUT2D eigenvalue weighted by atomic mass is 32.2. The number of ketones is 1. The summed E-state index contributed by atoms with van der Waals surface area (Å²) in [6, 6.07) is 17.9. The molecule has 0 bridgehead atoms. The first-order valence-electron chi connectivity index (χ1n) is 7.47. The lowest BCUT2D eigenvalue weighted by molar-refractivity contribution is 0.106. The van der Waals surface area contributed by atoms with Crippen LogP contribution in [0.3, 0.4) is 0 Å². The molecule has 22 heavy (non-hydrogen) atoms. The summed E-state index contributed by atoms with van der Waals surface area (Å²) in [4.78, 5) is 14.4. The quantitative estimate of drug-likeness (QED) is 0.615. The molecule has 1 aliphatic heterocycles. The molecule has 0 N–H and O–H groups in total. The van der Waals surface area contributed by atoms with Crippen LogP contribution in [0.1, 0.15) is 23.2 Å². The van der Waals surface area contributed by atoms with Crippen LogP contribution in [0.5, 0.6) is 0 Å². The minimum atomic E-state index is -0.0387. The van der Waals surface area contributed by atoms with Crippen molar-refractivity contribution < 1.29 is 4.79 Å². The SMILES string of the molecule is O=C(C=NN1CCCC1)c1ccc(Sc2ccccc2)cc1. The molecule has 1 heterocycles. The number of rotatable bonds is 5. The second kappa shape index (κ2) is 7.27. The van der Waals surface area contributed by atoms with Crippen molar-refractivity contribution in [2.24, 2.45) is 5.10 Å². The summed E-state index contributed by atoms with van der Waals surface area (Å²) in [5.74, 6) is -0.0387. The number of hydrogen-bond donors (Lipinski definition) is 0. The Hall–Kier alpha value is -2.07. The second-order valence-corrected chi connectivity index (χ2v) is 6.36. The molecule has 3 rings (SSSR count). The van der Waals surface area contributed by atoms with Crippen molar-refractivity contribution in [1.29, 1.82) is 0 Å². The smallest absolute Gasteiger partial charge is 0.205 e. The van der Waals surface area contributed by atoms with Crippen LogP contribution in [0.2, 0.25) is 0 Å². The van der Waals surface area contributed by atoms with Crippen molar-refractivity contribution in [2.75, 3.05) is 13.1 Å². The van der Waals surface area contributed by atoms with E-state index in [0.717, 1.165) is 30.8 Å². The molecular weight excluding hydrogens is 292 g/mol. The van der Waals surface area contributed by atoms with Crippen LogP contribution < -0.4 is 0 Å². The van der Waals surface area contributed by atoms with Crippen molar-refractivity contribution in [3.05, 3.63) is 60.2 Å². The van der Waals surface area contributed by atoms with Gasteiger partial charge in [0.2, 0.25) is 5.78 Å². The maximum atomic E-state index is 12.1. The van der Waals surface area contributed by atoms with Crippen LogP contribution >= 0.6 is 11.8 Å². The van der Waals surface area contributed by atoms with E-state index in [2.05, 4.69) is 17.2 Å². The first-order valence-corrected chi connectivity index (χ1v) is 8.29. The monoisotopic (exact) mass is 310 g/mol. The molecule has 0 aromatic heterocycles. The average Bonchev–Trinajstić information content (AvgIpc) is 3.08. The maximum absolute atomic E-state index is 12.1. The number of nitrogens with zero attached hydrogens (tertiary/aromatic N) is 2. The van der Waals surface area contributed by atoms with E-state index in [-0.39, 0.29) is 5.78 Å². The molecule has 0 saturated carbocycles. The van der Waals surface area contributed by atoms with Gasteiger partial charge in [-0.25, -0.2) is 0 Å². The Labute approximate surface area is 135 Å².